The molecule has 120 valence electrons. The number of hydrogen-bond acceptors (Lipinski definition) is 2. The molecule has 1 fully saturated rings. The molecule has 0 aromatic rings. The summed E-state index contributed by atoms with van der Waals surface area (Å²) in [6, 6.07) is 1.49. The van der Waals surface area contributed by atoms with E-state index in [0.717, 1.165) is 23.9 Å². The van der Waals surface area contributed by atoms with Gasteiger partial charge in [0.1, 0.15) is 0 Å². The third-order valence-corrected chi connectivity index (χ3v) is 5.28. The molecule has 0 aliphatic heterocycles. The van der Waals surface area contributed by atoms with Crippen molar-refractivity contribution in [3.8, 4) is 0 Å². The lowest BCUT2D eigenvalue weighted by Crippen LogP contribution is -2.54. The van der Waals surface area contributed by atoms with Crippen molar-refractivity contribution in [3.63, 3.8) is 0 Å². The third-order valence-electron chi connectivity index (χ3n) is 5.28. The number of nitrogens with zero attached hydrogens (tertiary/aromatic N) is 1. The SMILES string of the molecule is CCCNC1CCC(CC)CC1N(CC)CC(C)CC. The van der Waals surface area contributed by atoms with Gasteiger partial charge in [0.25, 0.3) is 0 Å². The summed E-state index contributed by atoms with van der Waals surface area (Å²) in [5.74, 6) is 1.77. The van der Waals surface area contributed by atoms with E-state index in [1.807, 2.05) is 0 Å². The summed E-state index contributed by atoms with van der Waals surface area (Å²) in [5, 5.41) is 3.83. The largest absolute Gasteiger partial charge is 0.312 e. The predicted molar refractivity (Wildman–Crippen MR) is 90.2 cm³/mol. The van der Waals surface area contributed by atoms with Gasteiger partial charge in [0.15, 0.2) is 0 Å². The smallest absolute Gasteiger partial charge is 0.0251 e. The average Bonchev–Trinajstić information content (AvgIpc) is 2.50. The Morgan fingerprint density at radius 2 is 1.90 bits per heavy atom. The molecule has 1 saturated carbocycles. The Morgan fingerprint density at radius 3 is 2.45 bits per heavy atom. The van der Waals surface area contributed by atoms with Crippen LogP contribution in [-0.4, -0.2) is 36.6 Å². The summed E-state index contributed by atoms with van der Waals surface area (Å²) < 4.78 is 0. The first kappa shape index (κ1) is 18.0. The van der Waals surface area contributed by atoms with Crippen molar-refractivity contribution in [2.45, 2.75) is 85.2 Å². The van der Waals surface area contributed by atoms with Crippen LogP contribution >= 0.6 is 0 Å². The van der Waals surface area contributed by atoms with Crippen LogP contribution in [0, 0.1) is 11.8 Å². The Hall–Kier alpha value is -0.0800. The number of rotatable bonds is 9. The topological polar surface area (TPSA) is 15.3 Å². The quantitative estimate of drug-likeness (QED) is 0.678. The van der Waals surface area contributed by atoms with Crippen molar-refractivity contribution in [1.29, 1.82) is 0 Å². The molecule has 0 heterocycles. The zero-order chi connectivity index (χ0) is 15.0. The summed E-state index contributed by atoms with van der Waals surface area (Å²) >= 11 is 0. The Morgan fingerprint density at radius 1 is 1.15 bits per heavy atom. The van der Waals surface area contributed by atoms with E-state index in [9.17, 15) is 0 Å². The molecular weight excluding hydrogens is 244 g/mol. The van der Waals surface area contributed by atoms with E-state index in [1.54, 1.807) is 0 Å². The summed E-state index contributed by atoms with van der Waals surface area (Å²) in [7, 11) is 0. The number of likely N-dealkylation sites (N-methyl/N-ethyl adjacent to an activating group) is 1. The summed E-state index contributed by atoms with van der Waals surface area (Å²) in [4.78, 5) is 2.77. The van der Waals surface area contributed by atoms with Gasteiger partial charge in [-0.15, -0.1) is 0 Å². The summed E-state index contributed by atoms with van der Waals surface area (Å²) in [6.45, 7) is 15.4. The second kappa shape index (κ2) is 9.78. The van der Waals surface area contributed by atoms with Gasteiger partial charge in [0, 0.05) is 18.6 Å². The highest BCUT2D eigenvalue weighted by atomic mass is 15.2. The van der Waals surface area contributed by atoms with Gasteiger partial charge in [-0.2, -0.15) is 0 Å². The van der Waals surface area contributed by atoms with E-state index in [0.29, 0.717) is 0 Å². The molecule has 1 aliphatic carbocycles. The minimum Gasteiger partial charge on any atom is -0.312 e. The van der Waals surface area contributed by atoms with Crippen LogP contribution in [0.1, 0.15) is 73.1 Å². The van der Waals surface area contributed by atoms with Crippen molar-refractivity contribution in [2.75, 3.05) is 19.6 Å². The van der Waals surface area contributed by atoms with Gasteiger partial charge in [-0.05, 0) is 50.6 Å². The van der Waals surface area contributed by atoms with Gasteiger partial charge in [0.05, 0.1) is 0 Å². The van der Waals surface area contributed by atoms with Gasteiger partial charge < -0.3 is 5.32 Å². The monoisotopic (exact) mass is 282 g/mol. The highest BCUT2D eigenvalue weighted by Gasteiger charge is 2.33. The van der Waals surface area contributed by atoms with Crippen molar-refractivity contribution in [1.82, 2.24) is 10.2 Å². The molecule has 4 unspecified atom stereocenters. The molecule has 0 bridgehead atoms. The summed E-state index contributed by atoms with van der Waals surface area (Å²) in [6.07, 6.45) is 8.11. The Balaban J connectivity index is 2.68. The minimum atomic E-state index is 0.724. The van der Waals surface area contributed by atoms with Gasteiger partial charge >= 0.3 is 0 Å². The molecular formula is C18H38N2. The van der Waals surface area contributed by atoms with Crippen molar-refractivity contribution in [3.05, 3.63) is 0 Å². The molecule has 0 spiro atoms. The maximum absolute atomic E-state index is 3.83. The molecule has 0 saturated heterocycles. The van der Waals surface area contributed by atoms with Gasteiger partial charge in [-0.3, -0.25) is 4.90 Å². The highest BCUT2D eigenvalue weighted by Crippen LogP contribution is 2.30. The molecule has 1 rings (SSSR count). The van der Waals surface area contributed by atoms with E-state index in [1.165, 1.54) is 58.2 Å². The first-order valence-corrected chi connectivity index (χ1v) is 9.13. The molecule has 0 aromatic heterocycles. The fourth-order valence-electron chi connectivity index (χ4n) is 3.60. The third kappa shape index (κ3) is 5.37. The van der Waals surface area contributed by atoms with Crippen molar-refractivity contribution in [2.24, 2.45) is 11.8 Å². The maximum atomic E-state index is 3.83. The molecule has 2 heteroatoms. The van der Waals surface area contributed by atoms with Crippen LogP contribution in [0.3, 0.4) is 0 Å². The fourth-order valence-corrected chi connectivity index (χ4v) is 3.60. The lowest BCUT2D eigenvalue weighted by Gasteiger charge is -2.43. The molecule has 0 amide bonds. The van der Waals surface area contributed by atoms with Crippen LogP contribution in [0.15, 0.2) is 0 Å². The fraction of sp³-hybridized carbons (Fsp3) is 1.00. The van der Waals surface area contributed by atoms with Crippen molar-refractivity contribution >= 4 is 0 Å². The van der Waals surface area contributed by atoms with Crippen LogP contribution < -0.4 is 5.32 Å². The molecule has 2 nitrogen and oxygen atoms in total. The van der Waals surface area contributed by atoms with E-state index >= 15 is 0 Å². The second-order valence-electron chi connectivity index (χ2n) is 6.82. The first-order valence-electron chi connectivity index (χ1n) is 9.13. The predicted octanol–water partition coefficient (Wildman–Crippen LogP) is 4.30. The Labute approximate surface area is 127 Å². The first-order chi connectivity index (χ1) is 9.65. The van der Waals surface area contributed by atoms with E-state index in [4.69, 9.17) is 0 Å². The van der Waals surface area contributed by atoms with Crippen LogP contribution in [0.25, 0.3) is 0 Å². The maximum Gasteiger partial charge on any atom is 0.0251 e. The Bertz CT molecular complexity index is 242. The highest BCUT2D eigenvalue weighted by molar-refractivity contribution is 4.91. The zero-order valence-corrected chi connectivity index (χ0v) is 14.6. The van der Waals surface area contributed by atoms with Crippen molar-refractivity contribution < 1.29 is 0 Å². The molecule has 0 radical (unpaired) electrons. The van der Waals surface area contributed by atoms with Gasteiger partial charge in [0.2, 0.25) is 0 Å². The lowest BCUT2D eigenvalue weighted by molar-refractivity contribution is 0.0870. The Kier molecular flexibility index (Phi) is 8.79. The second-order valence-corrected chi connectivity index (χ2v) is 6.82. The van der Waals surface area contributed by atoms with E-state index < -0.39 is 0 Å². The minimum absolute atomic E-state index is 0.724. The number of hydrogen-bond donors (Lipinski definition) is 1. The van der Waals surface area contributed by atoms with Gasteiger partial charge in [-0.25, -0.2) is 0 Å². The lowest BCUT2D eigenvalue weighted by atomic mass is 9.80. The summed E-state index contributed by atoms with van der Waals surface area (Å²) in [5.41, 5.74) is 0. The van der Waals surface area contributed by atoms with E-state index in [-0.39, 0.29) is 0 Å². The van der Waals surface area contributed by atoms with Gasteiger partial charge in [-0.1, -0.05) is 47.5 Å². The zero-order valence-electron chi connectivity index (χ0n) is 14.6. The van der Waals surface area contributed by atoms with Crippen LogP contribution in [0.5, 0.6) is 0 Å². The average molecular weight is 283 g/mol. The molecule has 20 heavy (non-hydrogen) atoms. The van der Waals surface area contributed by atoms with E-state index in [2.05, 4.69) is 44.8 Å². The molecule has 4 atom stereocenters. The molecule has 1 N–H and O–H groups in total. The number of nitrogens with one attached hydrogen (secondary N) is 1. The molecule has 1 aliphatic rings. The van der Waals surface area contributed by atoms with Crippen LogP contribution in [0.2, 0.25) is 0 Å². The normalized spacial score (nSPS) is 28.8. The standard InChI is InChI=1S/C18H38N2/c1-6-12-19-17-11-10-16(8-3)13-18(17)20(9-4)14-15(5)7-2/h15-19H,6-14H2,1-5H3. The van der Waals surface area contributed by atoms with Crippen LogP contribution in [-0.2, 0) is 0 Å². The van der Waals surface area contributed by atoms with Crippen LogP contribution in [0.4, 0.5) is 0 Å². The molecule has 0 aromatic carbocycles.